The lowest BCUT2D eigenvalue weighted by Gasteiger charge is -2.26. The van der Waals surface area contributed by atoms with Crippen LogP contribution in [0.2, 0.25) is 0 Å². The number of aromatic hydroxyl groups is 1. The van der Waals surface area contributed by atoms with Crippen LogP contribution in [-0.4, -0.2) is 19.6 Å². The molecule has 0 aliphatic rings. The molecule has 0 radical (unpaired) electrons. The molecule has 0 amide bonds. The van der Waals surface area contributed by atoms with E-state index in [0.29, 0.717) is 28.1 Å². The molecule has 1 N–H and O–H groups in total. The topological polar surface area (TPSA) is 50.9 Å². The highest BCUT2D eigenvalue weighted by molar-refractivity contribution is 5.98. The maximum atomic E-state index is 12.4. The monoisotopic (exact) mass is 924 g/mol. The van der Waals surface area contributed by atoms with Crippen LogP contribution in [0.1, 0.15) is 140 Å². The van der Waals surface area contributed by atoms with Crippen LogP contribution in [-0.2, 0) is 10.8 Å². The average Bonchev–Trinajstić information content (AvgIpc) is 3.74. The highest BCUT2D eigenvalue weighted by Gasteiger charge is 2.26. The first-order chi connectivity index (χ1) is 34.8. The van der Waals surface area contributed by atoms with Crippen molar-refractivity contribution in [3.63, 3.8) is 0 Å². The lowest BCUT2D eigenvalue weighted by molar-refractivity contribution is 0.466. The van der Waals surface area contributed by atoms with Gasteiger partial charge in [0.1, 0.15) is 11.6 Å². The molecule has 0 saturated carbocycles. The zero-order valence-corrected chi connectivity index (χ0v) is 43.0. The molecule has 0 spiro atoms. The van der Waals surface area contributed by atoms with Crippen molar-refractivity contribution >= 4 is 11.0 Å². The van der Waals surface area contributed by atoms with E-state index in [9.17, 15) is 9.22 Å². The fraction of sp³-hybridized carbons (Fsp3) is 0.273. The average molecular weight is 924 g/mol. The van der Waals surface area contributed by atoms with Crippen molar-refractivity contribution in [2.75, 3.05) is 0 Å². The molecule has 0 fully saturated rings. The van der Waals surface area contributed by atoms with Gasteiger partial charge >= 0.3 is 0 Å². The summed E-state index contributed by atoms with van der Waals surface area (Å²) in [5.41, 5.74) is 16.7. The maximum absolute atomic E-state index is 12.4. The van der Waals surface area contributed by atoms with Gasteiger partial charge in [0.2, 0.25) is 0 Å². The highest BCUT2D eigenvalue weighted by Crippen LogP contribution is 2.44. The largest absolute Gasteiger partial charge is 0.507 e. The van der Waals surface area contributed by atoms with Crippen LogP contribution < -0.4 is 0 Å². The minimum Gasteiger partial charge on any atom is -0.507 e. The molecule has 9 rings (SSSR count). The van der Waals surface area contributed by atoms with Crippen molar-refractivity contribution in [1.29, 1.82) is 0 Å². The van der Waals surface area contributed by atoms with Crippen LogP contribution in [0.5, 0.6) is 5.75 Å². The molecule has 4 nitrogen and oxygen atoms in total. The molecule has 0 aliphatic carbocycles. The minimum absolute atomic E-state index is 0.000852. The van der Waals surface area contributed by atoms with E-state index >= 15 is 0 Å². The van der Waals surface area contributed by atoms with Crippen molar-refractivity contribution in [1.82, 2.24) is 14.5 Å². The van der Waals surface area contributed by atoms with Crippen LogP contribution >= 0.6 is 0 Å². The Kier molecular flexibility index (Phi) is 11.5. The zero-order valence-electron chi connectivity index (χ0n) is 47.0. The Labute approximate surface area is 422 Å². The summed E-state index contributed by atoms with van der Waals surface area (Å²) in [6, 6.07) is 51.8. The molecule has 0 aliphatic heterocycles. The number of hydrogen-bond donors (Lipinski definition) is 1. The van der Waals surface area contributed by atoms with Gasteiger partial charge < -0.3 is 5.11 Å². The van der Waals surface area contributed by atoms with Crippen LogP contribution in [0.3, 0.4) is 0 Å². The molecule has 7 aromatic carbocycles. The number of pyridine rings is 1. The number of para-hydroxylation sites is 1. The van der Waals surface area contributed by atoms with Crippen LogP contribution in [0.25, 0.3) is 83.9 Å². The number of rotatable bonds is 10. The predicted octanol–water partition coefficient (Wildman–Crippen LogP) is 18.4. The van der Waals surface area contributed by atoms with Gasteiger partial charge in [-0.15, -0.1) is 0 Å². The van der Waals surface area contributed by atoms with Crippen molar-refractivity contribution in [3.05, 3.63) is 191 Å². The maximum Gasteiger partial charge on any atom is 0.149 e. The number of imidazole rings is 1. The third-order valence-electron chi connectivity index (χ3n) is 13.8. The van der Waals surface area contributed by atoms with Crippen molar-refractivity contribution < 1.29 is 10.6 Å². The highest BCUT2D eigenvalue weighted by atomic mass is 16.3. The number of phenols is 1. The zero-order chi connectivity index (χ0) is 53.2. The minimum atomic E-state index is -2.53. The van der Waals surface area contributed by atoms with Gasteiger partial charge in [-0.1, -0.05) is 180 Å². The van der Waals surface area contributed by atoms with Gasteiger partial charge in [0.15, 0.2) is 0 Å². The summed E-state index contributed by atoms with van der Waals surface area (Å²) in [4.78, 5) is 10.5. The van der Waals surface area contributed by atoms with Crippen LogP contribution in [0, 0.1) is 6.85 Å². The first-order valence-corrected chi connectivity index (χ1v) is 24.7. The number of nitrogens with zero attached hydrogens (tertiary/aromatic N) is 3. The number of phenolic OH excluding ortho intramolecular Hbond substituents is 1. The number of fused-ring (bicyclic) bond motifs is 1. The third kappa shape index (κ3) is 9.49. The van der Waals surface area contributed by atoms with Crippen molar-refractivity contribution in [2.45, 2.75) is 118 Å². The summed E-state index contributed by atoms with van der Waals surface area (Å²) in [5, 5.41) is 12.4. The quantitative estimate of drug-likeness (QED) is 0.149. The molecule has 0 saturated heterocycles. The smallest absolute Gasteiger partial charge is 0.149 e. The molecule has 9 aromatic rings. The Hall–Kier alpha value is -7.04. The van der Waals surface area contributed by atoms with E-state index < -0.39 is 12.7 Å². The molecule has 2 aromatic heterocycles. The molecule has 2 heterocycles. The Morgan fingerprint density at radius 3 is 1.80 bits per heavy atom. The lowest BCUT2D eigenvalue weighted by Crippen LogP contribution is -2.16. The van der Waals surface area contributed by atoms with Crippen LogP contribution in [0.15, 0.2) is 158 Å². The van der Waals surface area contributed by atoms with Crippen LogP contribution in [0.4, 0.5) is 0 Å². The Morgan fingerprint density at radius 1 is 0.529 bits per heavy atom. The first kappa shape index (κ1) is 43.0. The normalized spacial score (nSPS) is 13.4. The second-order valence-corrected chi connectivity index (χ2v) is 22.0. The first-order valence-electron chi connectivity index (χ1n) is 26.7. The molecule has 354 valence electrons. The molecule has 0 atom stereocenters. The van der Waals surface area contributed by atoms with Gasteiger partial charge in [-0.3, -0.25) is 9.55 Å². The molecule has 70 heavy (non-hydrogen) atoms. The van der Waals surface area contributed by atoms with E-state index in [1.807, 2.05) is 97.4 Å². The van der Waals surface area contributed by atoms with E-state index in [1.165, 1.54) is 11.1 Å². The van der Waals surface area contributed by atoms with Gasteiger partial charge in [0.25, 0.3) is 0 Å². The van der Waals surface area contributed by atoms with E-state index in [4.69, 9.17) is 11.3 Å². The lowest BCUT2D eigenvalue weighted by atomic mass is 9.79. The fourth-order valence-corrected chi connectivity index (χ4v) is 9.44. The Bertz CT molecular complexity index is 3510. The van der Waals surface area contributed by atoms with Gasteiger partial charge in [0, 0.05) is 22.8 Å². The number of hydrogen-bond acceptors (Lipinski definition) is 3. The van der Waals surface area contributed by atoms with E-state index in [1.54, 1.807) is 0 Å². The Morgan fingerprint density at radius 2 is 1.16 bits per heavy atom. The van der Waals surface area contributed by atoms with Gasteiger partial charge in [0.05, 0.1) is 28.0 Å². The Balaban J connectivity index is 1.31. The number of aryl methyl sites for hydroxylation is 1. The molecular formula is C66H69N3O. The summed E-state index contributed by atoms with van der Waals surface area (Å²) in [6.07, 6.45) is 1.85. The SMILES string of the molecule is [2H]C([2H])([2H])c1cc(-c2cc(C(C)(C)C)cc(C(C)(C)C)c2)ccc1-n1c(-c2cc(C(C)C)cc(C(C)C)c2O)nc2c(-c3cc(-c4ccccc4)cc(-c4cc(-c5ccc(C([2H])(C)C)cc5)ccn4)c3)cccc21. The second-order valence-electron chi connectivity index (χ2n) is 22.0. The molecular weight excluding hydrogens is 851 g/mol. The summed E-state index contributed by atoms with van der Waals surface area (Å²) in [7, 11) is 0. The number of aromatic nitrogens is 3. The predicted molar refractivity (Wildman–Crippen MR) is 298 cm³/mol. The van der Waals surface area contributed by atoms with Gasteiger partial charge in [-0.05, 0) is 162 Å². The third-order valence-corrected chi connectivity index (χ3v) is 13.8. The van der Waals surface area contributed by atoms with Crippen molar-refractivity contribution in [2.24, 2.45) is 0 Å². The van der Waals surface area contributed by atoms with Gasteiger partial charge in [-0.25, -0.2) is 4.98 Å². The molecule has 0 bridgehead atoms. The second kappa shape index (κ2) is 18.7. The summed E-state index contributed by atoms with van der Waals surface area (Å²) >= 11 is 0. The van der Waals surface area contributed by atoms with Gasteiger partial charge in [-0.2, -0.15) is 0 Å². The van der Waals surface area contributed by atoms with E-state index in [0.717, 1.165) is 72.5 Å². The fourth-order valence-electron chi connectivity index (χ4n) is 9.44. The molecule has 4 heteroatoms. The van der Waals surface area contributed by atoms with Crippen molar-refractivity contribution in [3.8, 4) is 78.6 Å². The molecule has 0 unspecified atom stereocenters. The standard InChI is InChI=1S/C66H69N3O/c1-40(2)44-22-24-46(25-23-44)48-28-29-67-59(38-48)53-32-50(45-18-15-14-16-19-45)31-52(33-53)56-20-17-21-61-62(56)68-64(58-37-49(41(3)4)36-57(42(5)6)63(58)70)69(61)60-27-26-47(30-43(60)7)51-34-54(65(8,9)10)39-55(35-51)66(11,12)13/h14-42,70H,1-13H3/i7D3,40D. The van der Waals surface area contributed by atoms with E-state index in [2.05, 4.69) is 148 Å². The number of benzene rings is 7. The summed E-state index contributed by atoms with van der Waals surface area (Å²) in [6.45, 7) is 23.0. The summed E-state index contributed by atoms with van der Waals surface area (Å²) in [5.74, 6) is 0.0107. The summed E-state index contributed by atoms with van der Waals surface area (Å²) < 4.78 is 38.1. The van der Waals surface area contributed by atoms with E-state index in [-0.39, 0.29) is 34.0 Å².